The Kier molecular flexibility index (Phi) is 5.39. The fourth-order valence-corrected chi connectivity index (χ4v) is 7.11. The average Bonchev–Trinajstić information content (AvgIpc) is 3.40. The van der Waals surface area contributed by atoms with E-state index >= 15 is 0 Å². The summed E-state index contributed by atoms with van der Waals surface area (Å²) in [6.07, 6.45) is 0. The van der Waals surface area contributed by atoms with Crippen LogP contribution in [0.2, 0.25) is 0 Å². The Balaban J connectivity index is 1.44. The first-order chi connectivity index (χ1) is 19.8. The summed E-state index contributed by atoms with van der Waals surface area (Å²) in [4.78, 5) is 2.46. The fourth-order valence-electron chi connectivity index (χ4n) is 5.88. The molecule has 0 radical (unpaired) electrons. The summed E-state index contributed by atoms with van der Waals surface area (Å²) >= 11 is 1.88. The van der Waals surface area contributed by atoms with Crippen molar-refractivity contribution in [1.82, 2.24) is 0 Å². The maximum Gasteiger partial charge on any atom is 0.0718 e. The molecule has 7 aromatic carbocycles. The third-order valence-corrected chi connectivity index (χ3v) is 9.01. The highest BCUT2D eigenvalue weighted by molar-refractivity contribution is 7.26. The Morgan fingerprint density at radius 3 is 1.85 bits per heavy atom. The summed E-state index contributed by atoms with van der Waals surface area (Å²) in [5.74, 6) is 0. The zero-order valence-electron chi connectivity index (χ0n) is 21.8. The minimum absolute atomic E-state index is 1.14. The number of fused-ring (bicyclic) bond motifs is 5. The van der Waals surface area contributed by atoms with Crippen LogP contribution in [0.1, 0.15) is 0 Å². The number of anilines is 3. The van der Waals surface area contributed by atoms with Crippen molar-refractivity contribution < 1.29 is 0 Å². The lowest BCUT2D eigenvalue weighted by atomic mass is 10.0. The van der Waals surface area contributed by atoms with Gasteiger partial charge in [0, 0.05) is 32.2 Å². The molecular weight excluding hydrogens is 502 g/mol. The lowest BCUT2D eigenvalue weighted by Crippen LogP contribution is -2.10. The number of rotatable bonds is 4. The van der Waals surface area contributed by atoms with E-state index in [2.05, 4.69) is 157 Å². The molecule has 8 aromatic rings. The Labute approximate surface area is 237 Å². The molecule has 0 amide bonds. The van der Waals surface area contributed by atoms with Gasteiger partial charge < -0.3 is 4.90 Å². The Hall–Kier alpha value is -4.92. The van der Waals surface area contributed by atoms with Gasteiger partial charge in [0.1, 0.15) is 0 Å². The number of hydrogen-bond donors (Lipinski definition) is 0. The molecule has 0 saturated carbocycles. The lowest BCUT2D eigenvalue weighted by Gasteiger charge is -2.28. The number of benzene rings is 7. The third-order valence-electron chi connectivity index (χ3n) is 7.81. The standard InChI is InChI=1S/C38H25NS/c1-2-10-26(11-3-1)28-18-21-31(22-19-28)39(32-23-20-27-12-4-5-13-29(27)24-32)37-33-15-7-6-14-30(33)25-35-34-16-8-9-17-36(34)40-38(35)37/h1-25H. The Bertz CT molecular complexity index is 2160. The summed E-state index contributed by atoms with van der Waals surface area (Å²) in [6, 6.07) is 55.0. The van der Waals surface area contributed by atoms with E-state index in [0.29, 0.717) is 0 Å². The van der Waals surface area contributed by atoms with Crippen LogP contribution in [-0.2, 0) is 0 Å². The molecule has 1 nitrogen and oxygen atoms in total. The molecule has 188 valence electrons. The molecule has 0 saturated heterocycles. The Morgan fingerprint density at radius 1 is 0.400 bits per heavy atom. The SMILES string of the molecule is c1ccc(-c2ccc(N(c3ccc4ccccc4c3)c3c4ccccc4cc4c3sc3ccccc34)cc2)cc1. The van der Waals surface area contributed by atoms with Gasteiger partial charge in [-0.05, 0) is 63.7 Å². The first-order valence-corrected chi connectivity index (χ1v) is 14.4. The summed E-state index contributed by atoms with van der Waals surface area (Å²) in [5.41, 5.74) is 5.97. The molecule has 0 spiro atoms. The van der Waals surface area contributed by atoms with Crippen LogP contribution in [0.15, 0.2) is 152 Å². The molecule has 0 N–H and O–H groups in total. The maximum absolute atomic E-state index is 2.46. The highest BCUT2D eigenvalue weighted by Gasteiger charge is 2.21. The van der Waals surface area contributed by atoms with Crippen LogP contribution in [0.4, 0.5) is 17.1 Å². The average molecular weight is 528 g/mol. The third kappa shape index (κ3) is 3.77. The summed E-state index contributed by atoms with van der Waals surface area (Å²) < 4.78 is 2.62. The number of hydrogen-bond acceptors (Lipinski definition) is 2. The van der Waals surface area contributed by atoms with E-state index in [9.17, 15) is 0 Å². The zero-order chi connectivity index (χ0) is 26.5. The highest BCUT2D eigenvalue weighted by Crippen LogP contribution is 2.49. The van der Waals surface area contributed by atoms with Crippen molar-refractivity contribution in [3.05, 3.63) is 152 Å². The predicted octanol–water partition coefficient (Wildman–Crippen LogP) is 11.5. The monoisotopic (exact) mass is 527 g/mol. The van der Waals surface area contributed by atoms with Gasteiger partial charge in [-0.15, -0.1) is 11.3 Å². The quantitative estimate of drug-likeness (QED) is 0.220. The van der Waals surface area contributed by atoms with Crippen LogP contribution in [0.5, 0.6) is 0 Å². The fraction of sp³-hybridized carbons (Fsp3) is 0. The van der Waals surface area contributed by atoms with Crippen molar-refractivity contribution in [3.63, 3.8) is 0 Å². The molecule has 40 heavy (non-hydrogen) atoms. The van der Waals surface area contributed by atoms with E-state index in [0.717, 1.165) is 11.4 Å². The Morgan fingerprint density at radius 2 is 1.02 bits per heavy atom. The van der Waals surface area contributed by atoms with E-state index in [4.69, 9.17) is 0 Å². The molecule has 0 bridgehead atoms. The van der Waals surface area contributed by atoms with Crippen LogP contribution in [0.25, 0.3) is 52.8 Å². The molecule has 0 atom stereocenters. The molecular formula is C38H25NS. The molecule has 0 aliphatic carbocycles. The van der Waals surface area contributed by atoms with Gasteiger partial charge in [-0.1, -0.05) is 115 Å². The van der Waals surface area contributed by atoms with Crippen LogP contribution >= 0.6 is 11.3 Å². The van der Waals surface area contributed by atoms with Gasteiger partial charge in [0.05, 0.1) is 10.4 Å². The topological polar surface area (TPSA) is 3.24 Å². The van der Waals surface area contributed by atoms with E-state index in [1.165, 1.54) is 58.5 Å². The number of thiophene rings is 1. The zero-order valence-corrected chi connectivity index (χ0v) is 22.6. The van der Waals surface area contributed by atoms with Crippen LogP contribution in [0.3, 0.4) is 0 Å². The van der Waals surface area contributed by atoms with Gasteiger partial charge >= 0.3 is 0 Å². The summed E-state index contributed by atoms with van der Waals surface area (Å²) in [6.45, 7) is 0. The maximum atomic E-state index is 2.46. The van der Waals surface area contributed by atoms with Gasteiger partial charge in [-0.25, -0.2) is 0 Å². The molecule has 0 unspecified atom stereocenters. The molecule has 0 fully saturated rings. The van der Waals surface area contributed by atoms with E-state index in [1.807, 2.05) is 11.3 Å². The molecule has 0 aliphatic rings. The second-order valence-corrected chi connectivity index (χ2v) is 11.3. The van der Waals surface area contributed by atoms with Crippen LogP contribution in [-0.4, -0.2) is 0 Å². The van der Waals surface area contributed by atoms with Crippen molar-refractivity contribution in [2.24, 2.45) is 0 Å². The molecule has 1 aromatic heterocycles. The van der Waals surface area contributed by atoms with Crippen molar-refractivity contribution in [2.45, 2.75) is 0 Å². The predicted molar refractivity (Wildman–Crippen MR) is 174 cm³/mol. The van der Waals surface area contributed by atoms with Gasteiger partial charge in [-0.3, -0.25) is 0 Å². The molecule has 0 aliphatic heterocycles. The van der Waals surface area contributed by atoms with Gasteiger partial charge in [0.25, 0.3) is 0 Å². The van der Waals surface area contributed by atoms with Crippen LogP contribution in [0, 0.1) is 0 Å². The van der Waals surface area contributed by atoms with Crippen molar-refractivity contribution in [3.8, 4) is 11.1 Å². The van der Waals surface area contributed by atoms with Crippen molar-refractivity contribution in [2.75, 3.05) is 4.90 Å². The van der Waals surface area contributed by atoms with Gasteiger partial charge in [0.15, 0.2) is 0 Å². The number of nitrogens with zero attached hydrogens (tertiary/aromatic N) is 1. The largest absolute Gasteiger partial charge is 0.308 e. The van der Waals surface area contributed by atoms with E-state index in [-0.39, 0.29) is 0 Å². The van der Waals surface area contributed by atoms with Gasteiger partial charge in [-0.2, -0.15) is 0 Å². The smallest absolute Gasteiger partial charge is 0.0718 e. The van der Waals surface area contributed by atoms with Crippen molar-refractivity contribution >= 4 is 70.1 Å². The minimum Gasteiger partial charge on any atom is -0.308 e. The summed E-state index contributed by atoms with van der Waals surface area (Å²) in [7, 11) is 0. The summed E-state index contributed by atoms with van der Waals surface area (Å²) in [5, 5.41) is 7.60. The van der Waals surface area contributed by atoms with E-state index < -0.39 is 0 Å². The second kappa shape index (κ2) is 9.37. The lowest BCUT2D eigenvalue weighted by molar-refractivity contribution is 1.32. The molecule has 2 heteroatoms. The molecule has 8 rings (SSSR count). The highest BCUT2D eigenvalue weighted by atomic mass is 32.1. The van der Waals surface area contributed by atoms with Crippen molar-refractivity contribution in [1.29, 1.82) is 0 Å². The van der Waals surface area contributed by atoms with E-state index in [1.54, 1.807) is 0 Å². The van der Waals surface area contributed by atoms with Crippen LogP contribution < -0.4 is 4.90 Å². The minimum atomic E-state index is 1.14. The first-order valence-electron chi connectivity index (χ1n) is 13.6. The second-order valence-electron chi connectivity index (χ2n) is 10.2. The van der Waals surface area contributed by atoms with Gasteiger partial charge in [0.2, 0.25) is 0 Å². The first kappa shape index (κ1) is 23.0. The molecule has 1 heterocycles. The normalized spacial score (nSPS) is 11.5.